The highest BCUT2D eigenvalue weighted by molar-refractivity contribution is 5.69. The summed E-state index contributed by atoms with van der Waals surface area (Å²) in [7, 11) is 0. The summed E-state index contributed by atoms with van der Waals surface area (Å²) < 4.78 is 22.9. The number of unbranched alkanes of at least 4 members (excludes halogenated alkanes) is 20. The Morgan fingerprint density at radius 2 is 1.02 bits per heavy atom. The van der Waals surface area contributed by atoms with Gasteiger partial charge < -0.3 is 39.4 Å². The molecule has 348 valence electrons. The zero-order chi connectivity index (χ0) is 43.6. The standard InChI is InChI=1S/C51H90O9/c1-3-5-7-9-11-13-15-17-19-21-23-24-26-28-30-32-34-36-38-40-47(53)59-45(44-58-51-50(56)49(55)48(54)46(42-52)60-51)43-57-41-39-37-35-33-31-29-27-25-22-20-18-16-14-12-10-8-6-4-2/h6,8,11-14,17-20,45-46,48-52,54-56H,3-5,7,9-10,15-16,21-44H2,1-2H3/b8-6-,13-11-,14-12-,19-17-,20-18-. The van der Waals surface area contributed by atoms with Crippen LogP contribution >= 0.6 is 0 Å². The van der Waals surface area contributed by atoms with E-state index in [9.17, 15) is 25.2 Å². The fourth-order valence-electron chi connectivity index (χ4n) is 7.12. The molecule has 0 aliphatic carbocycles. The normalized spacial score (nSPS) is 20.5. The fourth-order valence-corrected chi connectivity index (χ4v) is 7.12. The average molecular weight is 847 g/mol. The molecule has 0 spiro atoms. The maximum atomic E-state index is 12.8. The lowest BCUT2D eigenvalue weighted by Crippen LogP contribution is -2.59. The van der Waals surface area contributed by atoms with E-state index in [-0.39, 0.29) is 19.2 Å². The maximum absolute atomic E-state index is 12.8. The van der Waals surface area contributed by atoms with Crippen molar-refractivity contribution in [3.63, 3.8) is 0 Å². The molecule has 1 fully saturated rings. The zero-order valence-electron chi connectivity index (χ0n) is 38.2. The Morgan fingerprint density at radius 3 is 1.53 bits per heavy atom. The van der Waals surface area contributed by atoms with Crippen LogP contribution in [0.25, 0.3) is 0 Å². The van der Waals surface area contributed by atoms with E-state index in [2.05, 4.69) is 74.6 Å². The summed E-state index contributed by atoms with van der Waals surface area (Å²) >= 11 is 0. The van der Waals surface area contributed by atoms with Gasteiger partial charge in [0.1, 0.15) is 30.5 Å². The topological polar surface area (TPSA) is 135 Å². The van der Waals surface area contributed by atoms with Gasteiger partial charge >= 0.3 is 5.97 Å². The molecule has 9 nitrogen and oxygen atoms in total. The first kappa shape index (κ1) is 55.9. The summed E-state index contributed by atoms with van der Waals surface area (Å²) in [5.41, 5.74) is 0. The van der Waals surface area contributed by atoms with Crippen molar-refractivity contribution in [1.29, 1.82) is 0 Å². The lowest BCUT2D eigenvalue weighted by molar-refractivity contribution is -0.305. The Balaban J connectivity index is 2.24. The molecule has 0 saturated carbocycles. The number of ether oxygens (including phenoxy) is 4. The second-order valence-corrected chi connectivity index (χ2v) is 16.5. The van der Waals surface area contributed by atoms with E-state index < -0.39 is 43.4 Å². The molecule has 0 bridgehead atoms. The van der Waals surface area contributed by atoms with E-state index in [1.807, 2.05) is 0 Å². The van der Waals surface area contributed by atoms with Crippen molar-refractivity contribution in [2.24, 2.45) is 0 Å². The Morgan fingerprint density at radius 1 is 0.550 bits per heavy atom. The number of hydrogen-bond acceptors (Lipinski definition) is 9. The van der Waals surface area contributed by atoms with Gasteiger partial charge in [0.05, 0.1) is 19.8 Å². The SMILES string of the molecule is CC/C=C\C/C=C\C/C=C\CCCCCCCCCCOCC(COC1OC(CO)C(O)C(O)C1O)OC(=O)CCCCCCCCCCC/C=C\C/C=C\CCCCC. The first-order valence-corrected chi connectivity index (χ1v) is 24.4. The van der Waals surface area contributed by atoms with Gasteiger partial charge in [0.15, 0.2) is 6.29 Å². The number of aliphatic hydroxyl groups excluding tert-OH is 4. The molecular formula is C51H90O9. The zero-order valence-corrected chi connectivity index (χ0v) is 38.2. The van der Waals surface area contributed by atoms with E-state index in [0.717, 1.165) is 70.6 Å². The van der Waals surface area contributed by atoms with Crippen molar-refractivity contribution >= 4 is 5.97 Å². The highest BCUT2D eigenvalue weighted by atomic mass is 16.7. The van der Waals surface area contributed by atoms with Crippen LogP contribution in [0.4, 0.5) is 0 Å². The number of esters is 1. The first-order chi connectivity index (χ1) is 29.4. The van der Waals surface area contributed by atoms with Crippen LogP contribution in [0.15, 0.2) is 60.8 Å². The van der Waals surface area contributed by atoms with Gasteiger partial charge in [-0.1, -0.05) is 171 Å². The quantitative estimate of drug-likeness (QED) is 0.0269. The Hall–Kier alpha value is -2.11. The molecule has 0 aromatic rings. The van der Waals surface area contributed by atoms with Gasteiger partial charge in [-0.3, -0.25) is 4.79 Å². The van der Waals surface area contributed by atoms with Crippen LogP contribution in [0, 0.1) is 0 Å². The second kappa shape index (κ2) is 42.2. The highest BCUT2D eigenvalue weighted by Gasteiger charge is 2.44. The van der Waals surface area contributed by atoms with Crippen molar-refractivity contribution in [3.8, 4) is 0 Å². The highest BCUT2D eigenvalue weighted by Crippen LogP contribution is 2.22. The molecule has 9 heteroatoms. The van der Waals surface area contributed by atoms with Crippen LogP contribution in [0.1, 0.15) is 194 Å². The number of carbonyl (C=O) groups excluding carboxylic acids is 1. The molecule has 0 aromatic carbocycles. The molecule has 1 rings (SSSR count). The van der Waals surface area contributed by atoms with E-state index >= 15 is 0 Å². The molecule has 1 aliphatic rings. The summed E-state index contributed by atoms with van der Waals surface area (Å²) in [5, 5.41) is 40.2. The molecule has 6 atom stereocenters. The van der Waals surface area contributed by atoms with Crippen molar-refractivity contribution in [3.05, 3.63) is 60.8 Å². The minimum atomic E-state index is -1.54. The van der Waals surface area contributed by atoms with Gasteiger partial charge in [-0.15, -0.1) is 0 Å². The Labute approximate surface area is 366 Å². The predicted molar refractivity (Wildman–Crippen MR) is 247 cm³/mol. The van der Waals surface area contributed by atoms with Crippen molar-refractivity contribution in [2.45, 2.75) is 230 Å². The number of allylic oxidation sites excluding steroid dienone is 10. The van der Waals surface area contributed by atoms with Crippen molar-refractivity contribution in [1.82, 2.24) is 0 Å². The molecule has 6 unspecified atom stereocenters. The third-order valence-corrected chi connectivity index (χ3v) is 10.9. The summed E-state index contributed by atoms with van der Waals surface area (Å²) in [4.78, 5) is 12.8. The third-order valence-electron chi connectivity index (χ3n) is 10.9. The average Bonchev–Trinajstić information content (AvgIpc) is 3.25. The Kier molecular flexibility index (Phi) is 39.3. The number of carbonyl (C=O) groups is 1. The number of hydrogen-bond donors (Lipinski definition) is 4. The van der Waals surface area contributed by atoms with Crippen LogP contribution in [0.5, 0.6) is 0 Å². The Bertz CT molecular complexity index is 1100. The molecule has 1 heterocycles. The number of aliphatic hydroxyl groups is 4. The van der Waals surface area contributed by atoms with Crippen LogP contribution in [0.3, 0.4) is 0 Å². The van der Waals surface area contributed by atoms with Crippen LogP contribution in [0.2, 0.25) is 0 Å². The van der Waals surface area contributed by atoms with E-state index in [1.165, 1.54) is 103 Å². The lowest BCUT2D eigenvalue weighted by atomic mass is 9.99. The molecule has 1 saturated heterocycles. The van der Waals surface area contributed by atoms with Crippen LogP contribution < -0.4 is 0 Å². The van der Waals surface area contributed by atoms with Gasteiger partial charge in [-0.2, -0.15) is 0 Å². The van der Waals surface area contributed by atoms with Gasteiger partial charge in [0.2, 0.25) is 0 Å². The van der Waals surface area contributed by atoms with E-state index in [1.54, 1.807) is 0 Å². The summed E-state index contributed by atoms with van der Waals surface area (Å²) in [5.74, 6) is -0.322. The minimum Gasteiger partial charge on any atom is -0.457 e. The predicted octanol–water partition coefficient (Wildman–Crippen LogP) is 11.5. The summed E-state index contributed by atoms with van der Waals surface area (Å²) in [6.45, 7) is 4.41. The molecule has 4 N–H and O–H groups in total. The molecule has 0 amide bonds. The van der Waals surface area contributed by atoms with Gasteiger partial charge in [0.25, 0.3) is 0 Å². The molecule has 1 aliphatic heterocycles. The van der Waals surface area contributed by atoms with E-state index in [0.29, 0.717) is 13.0 Å². The molecule has 60 heavy (non-hydrogen) atoms. The smallest absolute Gasteiger partial charge is 0.306 e. The minimum absolute atomic E-state index is 0.120. The van der Waals surface area contributed by atoms with Crippen molar-refractivity contribution in [2.75, 3.05) is 26.4 Å². The third kappa shape index (κ3) is 32.6. The first-order valence-electron chi connectivity index (χ1n) is 24.4. The summed E-state index contributed by atoms with van der Waals surface area (Å²) in [6.07, 6.45) is 46.7. The second-order valence-electron chi connectivity index (χ2n) is 16.5. The summed E-state index contributed by atoms with van der Waals surface area (Å²) in [6, 6.07) is 0. The van der Waals surface area contributed by atoms with Gasteiger partial charge in [0, 0.05) is 13.0 Å². The maximum Gasteiger partial charge on any atom is 0.306 e. The molecular weight excluding hydrogens is 757 g/mol. The van der Waals surface area contributed by atoms with Crippen LogP contribution in [-0.2, 0) is 23.7 Å². The van der Waals surface area contributed by atoms with Crippen molar-refractivity contribution < 1.29 is 44.2 Å². The molecule has 0 aromatic heterocycles. The largest absolute Gasteiger partial charge is 0.457 e. The molecule has 0 radical (unpaired) electrons. The van der Waals surface area contributed by atoms with Gasteiger partial charge in [-0.25, -0.2) is 0 Å². The van der Waals surface area contributed by atoms with Gasteiger partial charge in [-0.05, 0) is 77.0 Å². The van der Waals surface area contributed by atoms with E-state index in [4.69, 9.17) is 18.9 Å². The number of rotatable bonds is 41. The fraction of sp³-hybridized carbons (Fsp3) is 0.784. The monoisotopic (exact) mass is 847 g/mol. The lowest BCUT2D eigenvalue weighted by Gasteiger charge is -2.39. The van der Waals surface area contributed by atoms with Crippen LogP contribution in [-0.4, -0.2) is 89.6 Å².